The van der Waals surface area contributed by atoms with Crippen molar-refractivity contribution in [3.63, 3.8) is 0 Å². The molecule has 1 N–H and O–H groups in total. The van der Waals surface area contributed by atoms with E-state index in [-0.39, 0.29) is 24.0 Å². The molecule has 220 valence electrons. The summed E-state index contributed by atoms with van der Waals surface area (Å²) in [5, 5.41) is 4.58. The summed E-state index contributed by atoms with van der Waals surface area (Å²) < 4.78 is 6.43. The molecule has 4 aliphatic heterocycles. The number of likely N-dealkylation sites (tertiary alicyclic amines) is 1. The lowest BCUT2D eigenvalue weighted by Gasteiger charge is -2.35. The van der Waals surface area contributed by atoms with E-state index in [1.54, 1.807) is 6.92 Å². The fraction of sp³-hybridized carbons (Fsp3) is 0.485. The molecule has 7 rings (SSSR count). The summed E-state index contributed by atoms with van der Waals surface area (Å²) in [6.07, 6.45) is 3.33. The molecule has 3 aromatic rings. The van der Waals surface area contributed by atoms with Gasteiger partial charge in [0, 0.05) is 82.8 Å². The van der Waals surface area contributed by atoms with Gasteiger partial charge in [-0.05, 0) is 79.4 Å². The standard InChI is InChI=1S/C33H40N6O3/c1-23(40)37-13-15-38(16-14-37)32-9-5-25-17-24(4-8-31(25)35-32)20-36-12-10-29(22-36)42-28-6-7-30-26(18-28)21-39(33(30)41)27-3-2-11-34-19-27/h4-9,17-18,27,29,34H,2-3,10-16,19-22H2,1H3/t27-,29-/m0/s1. The number of piperidine rings is 1. The van der Waals surface area contributed by atoms with Crippen molar-refractivity contribution in [1.29, 1.82) is 0 Å². The molecule has 2 atom stereocenters. The van der Waals surface area contributed by atoms with Crippen molar-refractivity contribution in [2.45, 2.75) is 51.4 Å². The van der Waals surface area contributed by atoms with Gasteiger partial charge in [-0.25, -0.2) is 4.98 Å². The number of pyridine rings is 1. The highest BCUT2D eigenvalue weighted by Crippen LogP contribution is 2.31. The minimum absolute atomic E-state index is 0.143. The Morgan fingerprint density at radius 1 is 1.02 bits per heavy atom. The molecule has 2 amide bonds. The number of hydrogen-bond acceptors (Lipinski definition) is 7. The van der Waals surface area contributed by atoms with Gasteiger partial charge in [0.1, 0.15) is 17.7 Å². The van der Waals surface area contributed by atoms with Crippen molar-refractivity contribution in [3.8, 4) is 5.75 Å². The zero-order chi connectivity index (χ0) is 28.6. The van der Waals surface area contributed by atoms with Crippen LogP contribution in [0.25, 0.3) is 10.9 Å². The highest BCUT2D eigenvalue weighted by Gasteiger charge is 2.34. The number of benzene rings is 2. The second-order valence-corrected chi connectivity index (χ2v) is 12.2. The largest absolute Gasteiger partial charge is 0.489 e. The molecule has 3 fully saturated rings. The van der Waals surface area contributed by atoms with Crippen LogP contribution in [-0.4, -0.2) is 96.0 Å². The quantitative estimate of drug-likeness (QED) is 0.489. The third-order valence-corrected chi connectivity index (χ3v) is 9.35. The Morgan fingerprint density at radius 2 is 1.90 bits per heavy atom. The van der Waals surface area contributed by atoms with Crippen LogP contribution in [0.4, 0.5) is 5.82 Å². The van der Waals surface area contributed by atoms with E-state index in [0.717, 1.165) is 112 Å². The van der Waals surface area contributed by atoms with Gasteiger partial charge in [0.05, 0.1) is 5.52 Å². The SMILES string of the molecule is CC(=O)N1CCN(c2ccc3cc(CN4CC[C@H](Oc5ccc6c(c5)CN([C@H]5CCCNC5)C6=O)C4)ccc3n2)CC1. The van der Waals surface area contributed by atoms with Gasteiger partial charge in [-0.1, -0.05) is 6.07 Å². The van der Waals surface area contributed by atoms with Crippen LogP contribution >= 0.6 is 0 Å². The van der Waals surface area contributed by atoms with Gasteiger partial charge in [0.15, 0.2) is 0 Å². The van der Waals surface area contributed by atoms with E-state index >= 15 is 0 Å². The van der Waals surface area contributed by atoms with Crippen LogP contribution in [0.15, 0.2) is 48.5 Å². The third kappa shape index (κ3) is 5.55. The Bertz CT molecular complexity index is 1480. The van der Waals surface area contributed by atoms with Crippen LogP contribution in [0.3, 0.4) is 0 Å². The maximum Gasteiger partial charge on any atom is 0.254 e. The highest BCUT2D eigenvalue weighted by molar-refractivity contribution is 5.98. The van der Waals surface area contributed by atoms with Crippen LogP contribution in [-0.2, 0) is 17.9 Å². The topological polar surface area (TPSA) is 81.3 Å². The van der Waals surface area contributed by atoms with Gasteiger partial charge in [0.2, 0.25) is 5.91 Å². The Balaban J connectivity index is 0.940. The number of nitrogens with one attached hydrogen (secondary N) is 1. The normalized spacial score (nSPS) is 23.1. The van der Waals surface area contributed by atoms with Crippen LogP contribution in [0, 0.1) is 0 Å². The smallest absolute Gasteiger partial charge is 0.254 e. The van der Waals surface area contributed by atoms with E-state index in [1.165, 1.54) is 5.56 Å². The van der Waals surface area contributed by atoms with Crippen LogP contribution < -0.4 is 15.0 Å². The molecule has 9 heteroatoms. The Kier molecular flexibility index (Phi) is 7.46. The van der Waals surface area contributed by atoms with Gasteiger partial charge >= 0.3 is 0 Å². The summed E-state index contributed by atoms with van der Waals surface area (Å²) in [6, 6.07) is 17.1. The van der Waals surface area contributed by atoms with Crippen LogP contribution in [0.2, 0.25) is 0 Å². The molecule has 0 spiro atoms. The Morgan fingerprint density at radius 3 is 2.71 bits per heavy atom. The molecular weight excluding hydrogens is 528 g/mol. The lowest BCUT2D eigenvalue weighted by atomic mass is 10.1. The number of hydrogen-bond donors (Lipinski definition) is 1. The maximum atomic E-state index is 13.0. The summed E-state index contributed by atoms with van der Waals surface area (Å²) in [4.78, 5) is 38.2. The number of carbonyl (C=O) groups excluding carboxylic acids is 2. The molecule has 0 unspecified atom stereocenters. The zero-order valence-corrected chi connectivity index (χ0v) is 24.4. The first-order valence-corrected chi connectivity index (χ1v) is 15.4. The van der Waals surface area contributed by atoms with Crippen molar-refractivity contribution >= 4 is 28.5 Å². The van der Waals surface area contributed by atoms with E-state index in [2.05, 4.69) is 51.5 Å². The van der Waals surface area contributed by atoms with Gasteiger partial charge in [0.25, 0.3) is 5.91 Å². The Hall–Kier alpha value is -3.69. The number of anilines is 1. The minimum Gasteiger partial charge on any atom is -0.489 e. The second-order valence-electron chi connectivity index (χ2n) is 12.2. The summed E-state index contributed by atoms with van der Waals surface area (Å²) in [5.41, 5.74) is 4.20. The molecular formula is C33H40N6O3. The third-order valence-electron chi connectivity index (χ3n) is 9.35. The van der Waals surface area contributed by atoms with Gasteiger partial charge in [-0.15, -0.1) is 0 Å². The maximum absolute atomic E-state index is 13.0. The summed E-state index contributed by atoms with van der Waals surface area (Å²) in [5.74, 6) is 2.15. The predicted octanol–water partition coefficient (Wildman–Crippen LogP) is 3.26. The molecule has 9 nitrogen and oxygen atoms in total. The van der Waals surface area contributed by atoms with Gasteiger partial charge in [-0.2, -0.15) is 0 Å². The molecule has 0 aliphatic carbocycles. The first kappa shape index (κ1) is 27.2. The molecule has 2 aromatic carbocycles. The number of carbonyl (C=O) groups is 2. The summed E-state index contributed by atoms with van der Waals surface area (Å²) >= 11 is 0. The number of ether oxygens (including phenoxy) is 1. The number of piperazine rings is 1. The lowest BCUT2D eigenvalue weighted by Crippen LogP contribution is -2.48. The lowest BCUT2D eigenvalue weighted by molar-refractivity contribution is -0.129. The number of aromatic nitrogens is 1. The van der Waals surface area contributed by atoms with E-state index < -0.39 is 0 Å². The molecule has 4 aliphatic rings. The second kappa shape index (κ2) is 11.5. The number of amides is 2. The highest BCUT2D eigenvalue weighted by atomic mass is 16.5. The predicted molar refractivity (Wildman–Crippen MR) is 163 cm³/mol. The first-order chi connectivity index (χ1) is 20.5. The van der Waals surface area contributed by atoms with Crippen molar-refractivity contribution < 1.29 is 14.3 Å². The molecule has 0 bridgehead atoms. The molecule has 5 heterocycles. The molecule has 0 radical (unpaired) electrons. The van der Waals surface area contributed by atoms with E-state index in [1.807, 2.05) is 21.9 Å². The Labute approximate surface area is 247 Å². The fourth-order valence-corrected chi connectivity index (χ4v) is 6.96. The van der Waals surface area contributed by atoms with Gasteiger partial charge < -0.3 is 24.8 Å². The summed E-state index contributed by atoms with van der Waals surface area (Å²) in [7, 11) is 0. The van der Waals surface area contributed by atoms with Crippen molar-refractivity contribution in [3.05, 3.63) is 65.2 Å². The number of fused-ring (bicyclic) bond motifs is 2. The summed E-state index contributed by atoms with van der Waals surface area (Å²) in [6.45, 7) is 10.1. The number of nitrogens with zero attached hydrogens (tertiary/aromatic N) is 5. The molecule has 3 saturated heterocycles. The minimum atomic E-state index is 0.143. The molecule has 42 heavy (non-hydrogen) atoms. The number of rotatable bonds is 6. The molecule has 0 saturated carbocycles. The van der Waals surface area contributed by atoms with Crippen molar-refractivity contribution in [2.75, 3.05) is 57.3 Å². The fourth-order valence-electron chi connectivity index (χ4n) is 6.96. The van der Waals surface area contributed by atoms with E-state index in [4.69, 9.17) is 9.72 Å². The van der Waals surface area contributed by atoms with Crippen LogP contribution in [0.5, 0.6) is 5.75 Å². The monoisotopic (exact) mass is 568 g/mol. The first-order valence-electron chi connectivity index (χ1n) is 15.4. The van der Waals surface area contributed by atoms with Crippen molar-refractivity contribution in [2.24, 2.45) is 0 Å². The average molecular weight is 569 g/mol. The van der Waals surface area contributed by atoms with Gasteiger partial charge in [-0.3, -0.25) is 14.5 Å². The molecule has 1 aromatic heterocycles. The zero-order valence-electron chi connectivity index (χ0n) is 24.4. The van der Waals surface area contributed by atoms with E-state index in [9.17, 15) is 9.59 Å². The van der Waals surface area contributed by atoms with Crippen LogP contribution in [0.1, 0.15) is 47.7 Å². The van der Waals surface area contributed by atoms with Crippen molar-refractivity contribution in [1.82, 2.24) is 25.0 Å². The average Bonchev–Trinajstić information content (AvgIpc) is 3.60. The van der Waals surface area contributed by atoms with E-state index in [0.29, 0.717) is 6.54 Å².